The molecule has 1 fully saturated rings. The standard InChI is InChI=1S/C19H30O4/c1-11(2)7-8-13-16(21)15(12(3)20)18-14(17(13)22-6)9-10-19(4,5)23-18/h7,9-10,13-18,21H,8H2,1-6H3. The van der Waals surface area contributed by atoms with Crippen molar-refractivity contribution in [2.24, 2.45) is 17.8 Å². The second-order valence-electron chi connectivity index (χ2n) is 7.63. The maximum atomic E-state index is 12.2. The van der Waals surface area contributed by atoms with Gasteiger partial charge in [0, 0.05) is 18.9 Å². The number of methoxy groups -OCH3 is 1. The van der Waals surface area contributed by atoms with Gasteiger partial charge in [-0.25, -0.2) is 0 Å². The van der Waals surface area contributed by atoms with Crippen molar-refractivity contribution < 1.29 is 19.4 Å². The average Bonchev–Trinajstić information content (AvgIpc) is 2.42. The van der Waals surface area contributed by atoms with Crippen LogP contribution in [0.15, 0.2) is 23.8 Å². The molecular formula is C19H30O4. The maximum Gasteiger partial charge on any atom is 0.138 e. The second kappa shape index (κ2) is 6.88. The summed E-state index contributed by atoms with van der Waals surface area (Å²) in [5.41, 5.74) is 0.768. The molecule has 0 aromatic heterocycles. The number of Topliss-reactive ketones (excluding diaryl/α,β-unsaturated/α-hetero) is 1. The third-order valence-electron chi connectivity index (χ3n) is 5.04. The van der Waals surface area contributed by atoms with Crippen LogP contribution in [0.3, 0.4) is 0 Å². The highest BCUT2D eigenvalue weighted by atomic mass is 16.5. The summed E-state index contributed by atoms with van der Waals surface area (Å²) in [6.45, 7) is 9.56. The molecule has 130 valence electrons. The number of aliphatic hydroxyl groups is 1. The minimum Gasteiger partial charge on any atom is -0.392 e. The zero-order valence-electron chi connectivity index (χ0n) is 15.1. The zero-order valence-corrected chi connectivity index (χ0v) is 15.1. The van der Waals surface area contributed by atoms with Crippen LogP contribution >= 0.6 is 0 Å². The maximum absolute atomic E-state index is 12.2. The first-order valence-electron chi connectivity index (χ1n) is 8.40. The van der Waals surface area contributed by atoms with E-state index in [0.29, 0.717) is 6.42 Å². The van der Waals surface area contributed by atoms with E-state index in [4.69, 9.17) is 9.47 Å². The van der Waals surface area contributed by atoms with Gasteiger partial charge in [-0.05, 0) is 41.0 Å². The third-order valence-corrected chi connectivity index (χ3v) is 5.04. The summed E-state index contributed by atoms with van der Waals surface area (Å²) in [4.78, 5) is 12.2. The van der Waals surface area contributed by atoms with Crippen LogP contribution in [0.4, 0.5) is 0 Å². The number of ketones is 1. The molecule has 0 spiro atoms. The third kappa shape index (κ3) is 3.76. The van der Waals surface area contributed by atoms with Gasteiger partial charge >= 0.3 is 0 Å². The molecule has 23 heavy (non-hydrogen) atoms. The Morgan fingerprint density at radius 3 is 2.52 bits per heavy atom. The van der Waals surface area contributed by atoms with Gasteiger partial charge in [-0.3, -0.25) is 4.79 Å². The van der Waals surface area contributed by atoms with Crippen molar-refractivity contribution in [2.75, 3.05) is 7.11 Å². The van der Waals surface area contributed by atoms with Gasteiger partial charge in [-0.15, -0.1) is 0 Å². The normalized spacial score (nSPS) is 38.7. The fourth-order valence-corrected chi connectivity index (χ4v) is 3.92. The molecule has 4 nitrogen and oxygen atoms in total. The molecule has 0 aromatic carbocycles. The Hall–Kier alpha value is -0.970. The molecule has 1 aliphatic heterocycles. The Morgan fingerprint density at radius 2 is 2.00 bits per heavy atom. The summed E-state index contributed by atoms with van der Waals surface area (Å²) in [6.07, 6.45) is 5.70. The highest BCUT2D eigenvalue weighted by molar-refractivity contribution is 5.80. The molecule has 6 atom stereocenters. The van der Waals surface area contributed by atoms with Crippen molar-refractivity contribution in [3.63, 3.8) is 0 Å². The van der Waals surface area contributed by atoms with E-state index in [1.165, 1.54) is 5.57 Å². The van der Waals surface area contributed by atoms with E-state index in [1.54, 1.807) is 14.0 Å². The van der Waals surface area contributed by atoms with Gasteiger partial charge in [-0.1, -0.05) is 23.8 Å². The summed E-state index contributed by atoms with van der Waals surface area (Å²) >= 11 is 0. The molecular weight excluding hydrogens is 292 g/mol. The molecule has 4 heteroatoms. The number of fused-ring (bicyclic) bond motifs is 1. The van der Waals surface area contributed by atoms with Gasteiger partial charge in [0.15, 0.2) is 0 Å². The lowest BCUT2D eigenvalue weighted by molar-refractivity contribution is -0.197. The molecule has 2 rings (SSSR count). The predicted molar refractivity (Wildman–Crippen MR) is 90.1 cm³/mol. The monoisotopic (exact) mass is 322 g/mol. The Balaban J connectivity index is 2.41. The quantitative estimate of drug-likeness (QED) is 0.809. The molecule has 6 unspecified atom stereocenters. The van der Waals surface area contributed by atoms with Crippen LogP contribution in [0.2, 0.25) is 0 Å². The summed E-state index contributed by atoms with van der Waals surface area (Å²) in [7, 11) is 1.67. The minimum atomic E-state index is -0.753. The van der Waals surface area contributed by atoms with Crippen molar-refractivity contribution in [1.82, 2.24) is 0 Å². The molecule has 0 saturated heterocycles. The molecule has 0 amide bonds. The largest absolute Gasteiger partial charge is 0.392 e. The Labute approximate surface area is 139 Å². The van der Waals surface area contributed by atoms with Crippen LogP contribution in [-0.2, 0) is 14.3 Å². The Kier molecular flexibility index (Phi) is 5.49. The lowest BCUT2D eigenvalue weighted by atomic mass is 9.65. The zero-order chi connectivity index (χ0) is 17.4. The van der Waals surface area contributed by atoms with Gasteiger partial charge < -0.3 is 14.6 Å². The SMILES string of the molecule is COC1C2C=CC(C)(C)OC2C(C(C)=O)C(O)C1CC=C(C)C. The van der Waals surface area contributed by atoms with Crippen molar-refractivity contribution in [2.45, 2.75) is 65.0 Å². The van der Waals surface area contributed by atoms with Gasteiger partial charge in [0.05, 0.1) is 29.8 Å². The molecule has 1 heterocycles. The van der Waals surface area contributed by atoms with E-state index in [9.17, 15) is 9.90 Å². The number of carbonyl (C=O) groups is 1. The lowest BCUT2D eigenvalue weighted by Gasteiger charge is -2.51. The number of rotatable bonds is 4. The number of hydrogen-bond acceptors (Lipinski definition) is 4. The summed E-state index contributed by atoms with van der Waals surface area (Å²) in [6, 6.07) is 0. The smallest absolute Gasteiger partial charge is 0.138 e. The topological polar surface area (TPSA) is 55.8 Å². The summed E-state index contributed by atoms with van der Waals surface area (Å²) in [5, 5.41) is 10.9. The van der Waals surface area contributed by atoms with E-state index >= 15 is 0 Å². The highest BCUT2D eigenvalue weighted by Crippen LogP contribution is 2.44. The van der Waals surface area contributed by atoms with Gasteiger partial charge in [0.2, 0.25) is 0 Å². The van der Waals surface area contributed by atoms with E-state index in [2.05, 4.69) is 12.2 Å². The number of allylic oxidation sites excluding steroid dienone is 2. The first-order chi connectivity index (χ1) is 10.7. The molecule has 1 saturated carbocycles. The highest BCUT2D eigenvalue weighted by Gasteiger charge is 2.53. The van der Waals surface area contributed by atoms with Crippen LogP contribution in [0.25, 0.3) is 0 Å². The van der Waals surface area contributed by atoms with E-state index in [1.807, 2.05) is 33.8 Å². The molecule has 0 radical (unpaired) electrons. The molecule has 2 aliphatic rings. The van der Waals surface area contributed by atoms with Crippen LogP contribution < -0.4 is 0 Å². The number of carbonyl (C=O) groups excluding carboxylic acids is 1. The number of aliphatic hydroxyl groups excluding tert-OH is 1. The van der Waals surface area contributed by atoms with Crippen molar-refractivity contribution in [3.05, 3.63) is 23.8 Å². The summed E-state index contributed by atoms with van der Waals surface area (Å²) in [5.74, 6) is -0.651. The second-order valence-corrected chi connectivity index (χ2v) is 7.63. The number of ether oxygens (including phenoxy) is 2. The van der Waals surface area contributed by atoms with Crippen molar-refractivity contribution >= 4 is 5.78 Å². The number of hydrogen-bond donors (Lipinski definition) is 1. The fourth-order valence-electron chi connectivity index (χ4n) is 3.92. The average molecular weight is 322 g/mol. The van der Waals surface area contributed by atoms with Gasteiger partial charge in [-0.2, -0.15) is 0 Å². The van der Waals surface area contributed by atoms with E-state index < -0.39 is 17.6 Å². The van der Waals surface area contributed by atoms with E-state index in [-0.39, 0.29) is 29.8 Å². The van der Waals surface area contributed by atoms with Crippen LogP contribution in [0.1, 0.15) is 41.0 Å². The summed E-state index contributed by atoms with van der Waals surface area (Å²) < 4.78 is 11.9. The van der Waals surface area contributed by atoms with Crippen molar-refractivity contribution in [1.29, 1.82) is 0 Å². The molecule has 0 aromatic rings. The van der Waals surface area contributed by atoms with E-state index in [0.717, 1.165) is 0 Å². The molecule has 1 N–H and O–H groups in total. The van der Waals surface area contributed by atoms with Gasteiger partial charge in [0.1, 0.15) is 5.78 Å². The lowest BCUT2D eigenvalue weighted by Crippen LogP contribution is -2.60. The predicted octanol–water partition coefficient (Wildman–Crippen LogP) is 2.90. The first-order valence-corrected chi connectivity index (χ1v) is 8.40. The van der Waals surface area contributed by atoms with Crippen molar-refractivity contribution in [3.8, 4) is 0 Å². The van der Waals surface area contributed by atoms with Gasteiger partial charge in [0.25, 0.3) is 0 Å². The van der Waals surface area contributed by atoms with Crippen LogP contribution in [-0.4, -0.2) is 41.9 Å². The Bertz CT molecular complexity index is 501. The fraction of sp³-hybridized carbons (Fsp3) is 0.737. The first kappa shape index (κ1) is 18.4. The molecule has 0 bridgehead atoms. The van der Waals surface area contributed by atoms with Crippen LogP contribution in [0, 0.1) is 17.8 Å². The minimum absolute atomic E-state index is 0.0131. The Morgan fingerprint density at radius 1 is 1.35 bits per heavy atom. The molecule has 1 aliphatic carbocycles. The van der Waals surface area contributed by atoms with Crippen LogP contribution in [0.5, 0.6) is 0 Å².